The van der Waals surface area contributed by atoms with E-state index >= 15 is 0 Å². The number of nitrogens with zero attached hydrogens (tertiary/aromatic N) is 4. The smallest absolute Gasteiger partial charge is 0.254 e. The lowest BCUT2D eigenvalue weighted by Crippen LogP contribution is -2.40. The Morgan fingerprint density at radius 2 is 2.04 bits per heavy atom. The zero-order valence-electron chi connectivity index (χ0n) is 15.8. The SMILES string of the molecule is CNc1cc(Nc2ccc(C(=O)N3CCOCC3)cc2OC)nc2ccnn12. The molecule has 146 valence electrons. The third-order valence-corrected chi connectivity index (χ3v) is 4.63. The highest BCUT2D eigenvalue weighted by molar-refractivity contribution is 5.95. The summed E-state index contributed by atoms with van der Waals surface area (Å²) in [5.41, 5.74) is 2.02. The number of hydrogen-bond donors (Lipinski definition) is 2. The van der Waals surface area contributed by atoms with Crippen LogP contribution in [0, 0.1) is 0 Å². The Morgan fingerprint density at radius 3 is 2.79 bits per heavy atom. The van der Waals surface area contributed by atoms with Gasteiger partial charge in [0.05, 0.1) is 32.2 Å². The summed E-state index contributed by atoms with van der Waals surface area (Å²) in [5.74, 6) is 1.99. The van der Waals surface area contributed by atoms with Crippen LogP contribution in [-0.2, 0) is 4.74 Å². The van der Waals surface area contributed by atoms with Gasteiger partial charge in [0.1, 0.15) is 17.4 Å². The van der Waals surface area contributed by atoms with Crippen molar-refractivity contribution >= 4 is 28.9 Å². The van der Waals surface area contributed by atoms with Crippen molar-refractivity contribution in [3.63, 3.8) is 0 Å². The van der Waals surface area contributed by atoms with Crippen LogP contribution in [-0.4, -0.2) is 65.9 Å². The van der Waals surface area contributed by atoms with E-state index in [1.165, 1.54) is 0 Å². The summed E-state index contributed by atoms with van der Waals surface area (Å²) < 4.78 is 12.5. The highest BCUT2D eigenvalue weighted by Gasteiger charge is 2.20. The molecule has 0 spiro atoms. The van der Waals surface area contributed by atoms with Crippen LogP contribution in [0.15, 0.2) is 36.5 Å². The maximum atomic E-state index is 12.7. The van der Waals surface area contributed by atoms with E-state index in [0.29, 0.717) is 49.1 Å². The number of aromatic nitrogens is 3. The Hall–Kier alpha value is -3.33. The van der Waals surface area contributed by atoms with Crippen molar-refractivity contribution in [3.05, 3.63) is 42.1 Å². The Morgan fingerprint density at radius 1 is 1.21 bits per heavy atom. The lowest BCUT2D eigenvalue weighted by molar-refractivity contribution is 0.0302. The van der Waals surface area contributed by atoms with Crippen LogP contribution in [0.3, 0.4) is 0 Å². The Labute approximate surface area is 162 Å². The van der Waals surface area contributed by atoms with Crippen molar-refractivity contribution in [1.29, 1.82) is 0 Å². The number of methoxy groups -OCH3 is 1. The van der Waals surface area contributed by atoms with Crippen molar-refractivity contribution in [2.75, 3.05) is 51.1 Å². The molecule has 0 unspecified atom stereocenters. The number of carbonyl (C=O) groups excluding carboxylic acids is 1. The minimum Gasteiger partial charge on any atom is -0.495 e. The summed E-state index contributed by atoms with van der Waals surface area (Å²) in [6.07, 6.45) is 1.69. The van der Waals surface area contributed by atoms with Gasteiger partial charge >= 0.3 is 0 Å². The third-order valence-electron chi connectivity index (χ3n) is 4.63. The molecule has 3 heterocycles. The van der Waals surface area contributed by atoms with Crippen molar-refractivity contribution in [2.45, 2.75) is 0 Å². The van der Waals surface area contributed by atoms with E-state index in [-0.39, 0.29) is 5.91 Å². The first kappa shape index (κ1) is 18.1. The van der Waals surface area contributed by atoms with E-state index in [1.54, 1.807) is 34.9 Å². The van der Waals surface area contributed by atoms with E-state index in [4.69, 9.17) is 9.47 Å². The van der Waals surface area contributed by atoms with Gasteiger partial charge in [-0.2, -0.15) is 9.61 Å². The van der Waals surface area contributed by atoms with Gasteiger partial charge in [-0.05, 0) is 18.2 Å². The molecule has 4 rings (SSSR count). The number of rotatable bonds is 5. The lowest BCUT2D eigenvalue weighted by atomic mass is 10.1. The van der Waals surface area contributed by atoms with Crippen LogP contribution >= 0.6 is 0 Å². The number of anilines is 3. The van der Waals surface area contributed by atoms with Crippen LogP contribution in [0.5, 0.6) is 5.75 Å². The fraction of sp³-hybridized carbons (Fsp3) is 0.316. The molecule has 9 nitrogen and oxygen atoms in total. The van der Waals surface area contributed by atoms with E-state index < -0.39 is 0 Å². The van der Waals surface area contributed by atoms with Crippen molar-refractivity contribution < 1.29 is 14.3 Å². The topological polar surface area (TPSA) is 93.0 Å². The first-order valence-corrected chi connectivity index (χ1v) is 9.04. The van der Waals surface area contributed by atoms with Crippen molar-refractivity contribution in [3.8, 4) is 5.75 Å². The molecule has 0 bridgehead atoms. The molecule has 1 amide bonds. The number of hydrogen-bond acceptors (Lipinski definition) is 7. The second-order valence-corrected chi connectivity index (χ2v) is 6.32. The molecule has 1 fully saturated rings. The van der Waals surface area contributed by atoms with Gasteiger partial charge in [-0.25, -0.2) is 4.98 Å². The molecule has 2 N–H and O–H groups in total. The molecular formula is C19H22N6O3. The highest BCUT2D eigenvalue weighted by atomic mass is 16.5. The standard InChI is InChI=1S/C19H22N6O3/c1-20-18-12-16(23-17-5-6-21-25(17)18)22-14-4-3-13(11-15(14)27-2)19(26)24-7-9-28-10-8-24/h3-6,11-12,20H,7-10H2,1-2H3,(H,22,23). The summed E-state index contributed by atoms with van der Waals surface area (Å²) in [6.45, 7) is 2.34. The predicted octanol–water partition coefficient (Wildman–Crippen LogP) is 2.00. The molecule has 1 aromatic carbocycles. The van der Waals surface area contributed by atoms with Gasteiger partial charge in [0.15, 0.2) is 5.65 Å². The van der Waals surface area contributed by atoms with Crippen molar-refractivity contribution in [2.24, 2.45) is 0 Å². The molecule has 1 aliphatic rings. The molecule has 3 aromatic rings. The van der Waals surface area contributed by atoms with E-state index in [2.05, 4.69) is 20.7 Å². The van der Waals surface area contributed by atoms with Crippen LogP contribution in [0.1, 0.15) is 10.4 Å². The fourth-order valence-electron chi connectivity index (χ4n) is 3.17. The van der Waals surface area contributed by atoms with Crippen LogP contribution in [0.25, 0.3) is 5.65 Å². The van der Waals surface area contributed by atoms with Crippen molar-refractivity contribution in [1.82, 2.24) is 19.5 Å². The molecule has 2 aromatic heterocycles. The molecule has 0 aliphatic carbocycles. The zero-order valence-corrected chi connectivity index (χ0v) is 15.8. The molecular weight excluding hydrogens is 360 g/mol. The quantitative estimate of drug-likeness (QED) is 0.697. The number of benzene rings is 1. The maximum Gasteiger partial charge on any atom is 0.254 e. The lowest BCUT2D eigenvalue weighted by Gasteiger charge is -2.27. The summed E-state index contributed by atoms with van der Waals surface area (Å²) in [6, 6.07) is 9.04. The molecule has 28 heavy (non-hydrogen) atoms. The number of carbonyl (C=O) groups is 1. The van der Waals surface area contributed by atoms with Gasteiger partial charge in [0.2, 0.25) is 0 Å². The van der Waals surface area contributed by atoms with Gasteiger partial charge in [-0.15, -0.1) is 0 Å². The normalized spacial score (nSPS) is 14.1. The highest BCUT2D eigenvalue weighted by Crippen LogP contribution is 2.29. The molecule has 0 radical (unpaired) electrons. The number of morpholine rings is 1. The molecule has 0 saturated carbocycles. The average molecular weight is 382 g/mol. The van der Waals surface area contributed by atoms with Gasteiger partial charge in [0, 0.05) is 37.8 Å². The molecule has 1 saturated heterocycles. The minimum absolute atomic E-state index is 0.0237. The maximum absolute atomic E-state index is 12.7. The first-order valence-electron chi connectivity index (χ1n) is 9.04. The Bertz CT molecular complexity index is 996. The number of ether oxygens (including phenoxy) is 2. The van der Waals surface area contributed by atoms with Gasteiger partial charge in [0.25, 0.3) is 5.91 Å². The minimum atomic E-state index is -0.0237. The number of amides is 1. The first-order chi connectivity index (χ1) is 13.7. The average Bonchev–Trinajstić information content (AvgIpc) is 3.22. The second kappa shape index (κ2) is 7.73. The third kappa shape index (κ3) is 3.44. The van der Waals surface area contributed by atoms with Crippen LogP contribution in [0.4, 0.5) is 17.3 Å². The van der Waals surface area contributed by atoms with Crippen LogP contribution < -0.4 is 15.4 Å². The molecule has 0 atom stereocenters. The Kier molecular flexibility index (Phi) is 4.98. The zero-order chi connectivity index (χ0) is 19.5. The summed E-state index contributed by atoms with van der Waals surface area (Å²) >= 11 is 0. The summed E-state index contributed by atoms with van der Waals surface area (Å²) in [5, 5.41) is 10.6. The summed E-state index contributed by atoms with van der Waals surface area (Å²) in [7, 11) is 3.41. The van der Waals surface area contributed by atoms with E-state index in [1.807, 2.05) is 25.2 Å². The van der Waals surface area contributed by atoms with Gasteiger partial charge in [-0.1, -0.05) is 0 Å². The second-order valence-electron chi connectivity index (χ2n) is 6.32. The van der Waals surface area contributed by atoms with Gasteiger partial charge < -0.3 is 25.0 Å². The largest absolute Gasteiger partial charge is 0.495 e. The monoisotopic (exact) mass is 382 g/mol. The number of nitrogens with one attached hydrogen (secondary N) is 2. The van der Waals surface area contributed by atoms with Crippen LogP contribution in [0.2, 0.25) is 0 Å². The summed E-state index contributed by atoms with van der Waals surface area (Å²) in [4.78, 5) is 19.0. The predicted molar refractivity (Wildman–Crippen MR) is 106 cm³/mol. The van der Waals surface area contributed by atoms with E-state index in [9.17, 15) is 4.79 Å². The van der Waals surface area contributed by atoms with E-state index in [0.717, 1.165) is 11.5 Å². The number of fused-ring (bicyclic) bond motifs is 1. The molecule has 9 heteroatoms. The molecule has 1 aliphatic heterocycles. The van der Waals surface area contributed by atoms with Gasteiger partial charge in [-0.3, -0.25) is 4.79 Å². The fourth-order valence-corrected chi connectivity index (χ4v) is 3.17. The Balaban J connectivity index is 1.60.